The Labute approximate surface area is 193 Å². The van der Waals surface area contributed by atoms with Crippen molar-refractivity contribution in [2.75, 3.05) is 40.4 Å². The average Bonchev–Trinajstić information content (AvgIpc) is 3.51. The van der Waals surface area contributed by atoms with Gasteiger partial charge < -0.3 is 25.6 Å². The van der Waals surface area contributed by atoms with Crippen LogP contribution >= 0.6 is 24.0 Å². The van der Waals surface area contributed by atoms with Gasteiger partial charge in [0.15, 0.2) is 5.96 Å². The summed E-state index contributed by atoms with van der Waals surface area (Å²) in [5, 5.41) is 10.2. The summed E-state index contributed by atoms with van der Waals surface area (Å²) in [5.74, 6) is 1.27. The summed E-state index contributed by atoms with van der Waals surface area (Å²) >= 11 is 0. The van der Waals surface area contributed by atoms with E-state index in [9.17, 15) is 4.79 Å². The Morgan fingerprint density at radius 2 is 1.83 bits per heavy atom. The molecule has 3 rings (SSSR count). The van der Waals surface area contributed by atoms with E-state index in [0.717, 1.165) is 83.6 Å². The van der Waals surface area contributed by atoms with E-state index in [1.807, 2.05) is 0 Å². The molecule has 1 saturated heterocycles. The number of nitrogens with zero attached hydrogens (tertiary/aromatic N) is 2. The van der Waals surface area contributed by atoms with Crippen LogP contribution < -0.4 is 16.0 Å². The topological polar surface area (TPSA) is 78.0 Å². The molecular weight excluding hydrogens is 481 g/mol. The van der Waals surface area contributed by atoms with Crippen molar-refractivity contribution in [1.29, 1.82) is 0 Å². The maximum Gasteiger partial charge on any atom is 0.223 e. The van der Waals surface area contributed by atoms with E-state index in [4.69, 9.17) is 9.73 Å². The van der Waals surface area contributed by atoms with Gasteiger partial charge in [-0.3, -0.25) is 9.79 Å². The van der Waals surface area contributed by atoms with Gasteiger partial charge in [-0.15, -0.1) is 24.0 Å². The first-order chi connectivity index (χ1) is 13.5. The van der Waals surface area contributed by atoms with Crippen molar-refractivity contribution < 1.29 is 9.53 Å². The van der Waals surface area contributed by atoms with Gasteiger partial charge in [0.2, 0.25) is 5.91 Å². The number of ether oxygens (including phenoxy) is 1. The number of carbonyl (C=O) groups excluding carboxylic acids is 1. The van der Waals surface area contributed by atoms with E-state index in [-0.39, 0.29) is 41.3 Å². The Hall–Kier alpha value is -0.610. The zero-order chi connectivity index (χ0) is 20.0. The van der Waals surface area contributed by atoms with E-state index in [1.54, 1.807) is 0 Å². The predicted octanol–water partition coefficient (Wildman–Crippen LogP) is 2.11. The second kappa shape index (κ2) is 11.7. The van der Waals surface area contributed by atoms with Crippen LogP contribution in [0.15, 0.2) is 4.99 Å². The van der Waals surface area contributed by atoms with E-state index >= 15 is 0 Å². The maximum absolute atomic E-state index is 12.5. The Bertz CT molecular complexity index is 547. The normalized spacial score (nSPS) is 27.1. The second-order valence-corrected chi connectivity index (χ2v) is 8.91. The molecule has 3 fully saturated rings. The minimum atomic E-state index is 0. The van der Waals surface area contributed by atoms with Gasteiger partial charge in [0.25, 0.3) is 0 Å². The Morgan fingerprint density at radius 1 is 1.10 bits per heavy atom. The van der Waals surface area contributed by atoms with Crippen LogP contribution in [0.3, 0.4) is 0 Å². The maximum atomic E-state index is 12.5. The van der Waals surface area contributed by atoms with Crippen LogP contribution in [0.5, 0.6) is 0 Å². The highest BCUT2D eigenvalue weighted by molar-refractivity contribution is 14.0. The lowest BCUT2D eigenvalue weighted by Crippen LogP contribution is -2.52. The third kappa shape index (κ3) is 7.24. The van der Waals surface area contributed by atoms with Crippen molar-refractivity contribution in [2.24, 2.45) is 10.9 Å². The van der Waals surface area contributed by atoms with Crippen molar-refractivity contribution in [2.45, 2.75) is 75.9 Å². The molecule has 7 nitrogen and oxygen atoms in total. The van der Waals surface area contributed by atoms with Crippen molar-refractivity contribution in [1.82, 2.24) is 20.9 Å². The molecule has 0 spiro atoms. The fourth-order valence-corrected chi connectivity index (χ4v) is 4.34. The van der Waals surface area contributed by atoms with Crippen molar-refractivity contribution >= 4 is 35.8 Å². The number of nitrogens with one attached hydrogen (secondary N) is 3. The molecule has 1 amide bonds. The third-order valence-electron chi connectivity index (χ3n) is 6.56. The van der Waals surface area contributed by atoms with Crippen LogP contribution in [0, 0.1) is 5.92 Å². The van der Waals surface area contributed by atoms with E-state index in [0.29, 0.717) is 12.1 Å². The highest BCUT2D eigenvalue weighted by Gasteiger charge is 2.35. The van der Waals surface area contributed by atoms with Gasteiger partial charge in [0, 0.05) is 43.3 Å². The number of hydrogen-bond donors (Lipinski definition) is 3. The van der Waals surface area contributed by atoms with Crippen LogP contribution in [0.4, 0.5) is 0 Å². The SMILES string of the molecule is CCNC(=NCC1(N(C)C)CCOCC1)NC1CCCC(C(=O)NC2CC2)C1.I. The van der Waals surface area contributed by atoms with E-state index in [1.165, 1.54) is 0 Å². The van der Waals surface area contributed by atoms with Crippen molar-refractivity contribution in [3.8, 4) is 0 Å². The fourth-order valence-electron chi connectivity index (χ4n) is 4.34. The zero-order valence-electron chi connectivity index (χ0n) is 18.3. The molecule has 168 valence electrons. The summed E-state index contributed by atoms with van der Waals surface area (Å²) in [6.07, 6.45) is 8.42. The molecule has 2 aliphatic carbocycles. The van der Waals surface area contributed by atoms with Gasteiger partial charge in [-0.1, -0.05) is 6.42 Å². The summed E-state index contributed by atoms with van der Waals surface area (Å²) in [7, 11) is 4.29. The monoisotopic (exact) mass is 521 g/mol. The first-order valence-electron chi connectivity index (χ1n) is 11.1. The summed E-state index contributed by atoms with van der Waals surface area (Å²) in [6, 6.07) is 0.757. The Balaban J connectivity index is 0.00000300. The minimum absolute atomic E-state index is 0. The van der Waals surface area contributed by atoms with Gasteiger partial charge in [-0.25, -0.2) is 0 Å². The summed E-state index contributed by atoms with van der Waals surface area (Å²) in [5.41, 5.74) is 0.0693. The first-order valence-corrected chi connectivity index (χ1v) is 11.1. The number of likely N-dealkylation sites (N-methyl/N-ethyl adjacent to an activating group) is 1. The van der Waals surface area contributed by atoms with Crippen LogP contribution in [-0.4, -0.2) is 74.8 Å². The average molecular weight is 521 g/mol. The molecule has 8 heteroatoms. The number of aliphatic imine (C=N–C) groups is 1. The fraction of sp³-hybridized carbons (Fsp3) is 0.905. The Morgan fingerprint density at radius 3 is 2.45 bits per heavy atom. The van der Waals surface area contributed by atoms with E-state index < -0.39 is 0 Å². The number of rotatable bonds is 7. The lowest BCUT2D eigenvalue weighted by molar-refractivity contribution is -0.126. The Kier molecular flexibility index (Phi) is 9.94. The van der Waals surface area contributed by atoms with Crippen LogP contribution in [0.1, 0.15) is 58.3 Å². The molecule has 2 unspecified atom stereocenters. The molecule has 3 N–H and O–H groups in total. The van der Waals surface area contributed by atoms with E-state index in [2.05, 4.69) is 41.9 Å². The van der Waals surface area contributed by atoms with Crippen LogP contribution in [0.2, 0.25) is 0 Å². The molecule has 0 aromatic rings. The smallest absolute Gasteiger partial charge is 0.223 e. The zero-order valence-corrected chi connectivity index (χ0v) is 20.7. The van der Waals surface area contributed by atoms with Crippen LogP contribution in [0.25, 0.3) is 0 Å². The van der Waals surface area contributed by atoms with Gasteiger partial charge in [0.05, 0.1) is 6.54 Å². The number of hydrogen-bond acceptors (Lipinski definition) is 4. The molecule has 2 atom stereocenters. The second-order valence-electron chi connectivity index (χ2n) is 8.91. The molecule has 0 aromatic carbocycles. The molecule has 0 bridgehead atoms. The molecule has 29 heavy (non-hydrogen) atoms. The summed E-state index contributed by atoms with van der Waals surface area (Å²) in [6.45, 7) is 5.30. The number of halogens is 1. The predicted molar refractivity (Wildman–Crippen MR) is 128 cm³/mol. The first kappa shape index (κ1) is 24.7. The van der Waals surface area contributed by atoms with Gasteiger partial charge in [-0.05, 0) is 66.0 Å². The highest BCUT2D eigenvalue weighted by atomic mass is 127. The number of carbonyl (C=O) groups is 1. The molecule has 1 heterocycles. The lowest BCUT2D eigenvalue weighted by Gasteiger charge is -2.41. The summed E-state index contributed by atoms with van der Waals surface area (Å²) < 4.78 is 5.57. The third-order valence-corrected chi connectivity index (χ3v) is 6.56. The largest absolute Gasteiger partial charge is 0.381 e. The van der Waals surface area contributed by atoms with Crippen molar-refractivity contribution in [3.63, 3.8) is 0 Å². The number of guanidine groups is 1. The van der Waals surface area contributed by atoms with Crippen LogP contribution in [-0.2, 0) is 9.53 Å². The molecule has 2 saturated carbocycles. The standard InChI is InChI=1S/C21H39N5O2.HI/c1-4-22-20(23-15-21(26(2)3)10-12-28-13-11-21)25-18-7-5-6-16(14-18)19(27)24-17-8-9-17;/h16-18H,4-15H2,1-3H3,(H,24,27)(H2,22,23,25);1H. The molecular formula is C21H40IN5O2. The van der Waals surface area contributed by atoms with Gasteiger partial charge in [-0.2, -0.15) is 0 Å². The molecule has 1 aliphatic heterocycles. The highest BCUT2D eigenvalue weighted by Crippen LogP contribution is 2.28. The minimum Gasteiger partial charge on any atom is -0.381 e. The molecule has 0 aromatic heterocycles. The summed E-state index contributed by atoms with van der Waals surface area (Å²) in [4.78, 5) is 19.7. The van der Waals surface area contributed by atoms with Gasteiger partial charge >= 0.3 is 0 Å². The lowest BCUT2D eigenvalue weighted by atomic mass is 9.85. The number of amides is 1. The van der Waals surface area contributed by atoms with Gasteiger partial charge in [0.1, 0.15) is 0 Å². The molecule has 3 aliphatic rings. The quantitative estimate of drug-likeness (QED) is 0.272. The van der Waals surface area contributed by atoms with Crippen molar-refractivity contribution in [3.05, 3.63) is 0 Å². The molecule has 0 radical (unpaired) electrons.